The van der Waals surface area contributed by atoms with Gasteiger partial charge in [-0.25, -0.2) is 9.78 Å². The van der Waals surface area contributed by atoms with Crippen LogP contribution in [0.5, 0.6) is 0 Å². The average molecular weight is 390 g/mol. The van der Waals surface area contributed by atoms with E-state index in [-0.39, 0.29) is 24.4 Å². The molecule has 7 heteroatoms. The monoisotopic (exact) mass is 389 g/mol. The highest BCUT2D eigenvalue weighted by atomic mass is 79.9. The third kappa shape index (κ3) is 2.53. The van der Waals surface area contributed by atoms with Gasteiger partial charge in [0, 0.05) is 10.0 Å². The number of rotatable bonds is 4. The second-order valence-corrected chi connectivity index (χ2v) is 7.34. The fourth-order valence-electron chi connectivity index (χ4n) is 3.06. The number of urea groups is 1. The second-order valence-electron chi connectivity index (χ2n) is 6.42. The second kappa shape index (κ2) is 5.44. The van der Waals surface area contributed by atoms with Crippen molar-refractivity contribution in [1.82, 2.24) is 15.2 Å². The van der Waals surface area contributed by atoms with Crippen molar-refractivity contribution in [3.8, 4) is 11.3 Å². The van der Waals surface area contributed by atoms with Crippen molar-refractivity contribution in [3.63, 3.8) is 0 Å². The standard InChI is InChI=1S/C17H16BrN3O3/c1-17(11-4-5-11)15(22)21(16(23)20-17)9-14-19-8-13(24-14)10-2-6-12(18)7-3-10/h2-3,6-8,11H,4-5,9H2,1H3,(H,20,23). The zero-order valence-corrected chi connectivity index (χ0v) is 14.7. The molecule has 1 N–H and O–H groups in total. The summed E-state index contributed by atoms with van der Waals surface area (Å²) in [5.41, 5.74) is 0.107. The van der Waals surface area contributed by atoms with Gasteiger partial charge in [0.05, 0.1) is 6.20 Å². The highest BCUT2D eigenvalue weighted by Crippen LogP contribution is 2.42. The third-order valence-corrected chi connectivity index (χ3v) is 5.20. The van der Waals surface area contributed by atoms with E-state index in [0.717, 1.165) is 22.9 Å². The van der Waals surface area contributed by atoms with Gasteiger partial charge >= 0.3 is 6.03 Å². The molecule has 1 aromatic heterocycles. The summed E-state index contributed by atoms with van der Waals surface area (Å²) >= 11 is 3.39. The maximum atomic E-state index is 12.6. The van der Waals surface area contributed by atoms with Gasteiger partial charge in [-0.05, 0) is 37.8 Å². The fourth-order valence-corrected chi connectivity index (χ4v) is 3.33. The van der Waals surface area contributed by atoms with E-state index >= 15 is 0 Å². The van der Waals surface area contributed by atoms with Crippen LogP contribution in [-0.2, 0) is 11.3 Å². The van der Waals surface area contributed by atoms with Gasteiger partial charge in [0.15, 0.2) is 5.76 Å². The minimum atomic E-state index is -0.780. The first-order valence-electron chi connectivity index (χ1n) is 7.82. The third-order valence-electron chi connectivity index (χ3n) is 4.67. The summed E-state index contributed by atoms with van der Waals surface area (Å²) in [6.45, 7) is 1.84. The van der Waals surface area contributed by atoms with Crippen LogP contribution in [0.25, 0.3) is 11.3 Å². The molecule has 24 heavy (non-hydrogen) atoms. The molecule has 1 saturated heterocycles. The minimum Gasteiger partial charge on any atom is -0.439 e. The number of aromatic nitrogens is 1. The van der Waals surface area contributed by atoms with Crippen molar-refractivity contribution in [2.75, 3.05) is 0 Å². The first-order valence-corrected chi connectivity index (χ1v) is 8.61. The minimum absolute atomic E-state index is 0.0451. The molecule has 3 amide bonds. The Morgan fingerprint density at radius 3 is 2.71 bits per heavy atom. The van der Waals surface area contributed by atoms with E-state index in [9.17, 15) is 9.59 Å². The van der Waals surface area contributed by atoms with Gasteiger partial charge in [-0.15, -0.1) is 0 Å². The number of nitrogens with one attached hydrogen (secondary N) is 1. The highest BCUT2D eigenvalue weighted by molar-refractivity contribution is 9.10. The molecule has 0 bridgehead atoms. The van der Waals surface area contributed by atoms with E-state index in [1.165, 1.54) is 4.90 Å². The van der Waals surface area contributed by atoms with Crippen LogP contribution in [0.3, 0.4) is 0 Å². The van der Waals surface area contributed by atoms with Gasteiger partial charge in [-0.1, -0.05) is 28.1 Å². The molecule has 2 aromatic rings. The molecule has 1 aliphatic heterocycles. The Labute approximate surface area is 147 Å². The molecule has 0 radical (unpaired) electrons. The predicted molar refractivity (Wildman–Crippen MR) is 89.8 cm³/mol. The topological polar surface area (TPSA) is 75.4 Å². The SMILES string of the molecule is CC1(C2CC2)NC(=O)N(Cc2ncc(-c3ccc(Br)cc3)o2)C1=O. The summed E-state index contributed by atoms with van der Waals surface area (Å²) in [4.78, 5) is 30.2. The van der Waals surface area contributed by atoms with E-state index in [1.54, 1.807) is 13.1 Å². The van der Waals surface area contributed by atoms with Crippen molar-refractivity contribution in [2.45, 2.75) is 31.8 Å². The maximum Gasteiger partial charge on any atom is 0.325 e. The van der Waals surface area contributed by atoms with Gasteiger partial charge in [-0.2, -0.15) is 0 Å². The number of amides is 3. The first-order chi connectivity index (χ1) is 11.5. The number of nitrogens with zero attached hydrogens (tertiary/aromatic N) is 2. The summed E-state index contributed by atoms with van der Waals surface area (Å²) in [5.74, 6) is 0.992. The van der Waals surface area contributed by atoms with Crippen LogP contribution in [0.15, 0.2) is 39.4 Å². The van der Waals surface area contributed by atoms with Crippen LogP contribution in [0.2, 0.25) is 0 Å². The maximum absolute atomic E-state index is 12.6. The van der Waals surface area contributed by atoms with Crippen molar-refractivity contribution in [2.24, 2.45) is 5.92 Å². The molecule has 6 nitrogen and oxygen atoms in total. The van der Waals surface area contributed by atoms with Crippen molar-refractivity contribution in [1.29, 1.82) is 0 Å². The Morgan fingerprint density at radius 2 is 2.04 bits per heavy atom. The largest absolute Gasteiger partial charge is 0.439 e. The van der Waals surface area contributed by atoms with Crippen LogP contribution in [0, 0.1) is 5.92 Å². The lowest BCUT2D eigenvalue weighted by molar-refractivity contribution is -0.132. The number of carbonyl (C=O) groups is 2. The summed E-state index contributed by atoms with van der Waals surface area (Å²) < 4.78 is 6.69. The normalized spacial score (nSPS) is 23.7. The lowest BCUT2D eigenvalue weighted by atomic mass is 9.96. The lowest BCUT2D eigenvalue weighted by Crippen LogP contribution is -2.46. The summed E-state index contributed by atoms with van der Waals surface area (Å²) in [7, 11) is 0. The number of halogens is 1. The molecule has 2 aliphatic rings. The molecule has 2 heterocycles. The molecular formula is C17H16BrN3O3. The fraction of sp³-hybridized carbons (Fsp3) is 0.353. The van der Waals surface area contributed by atoms with E-state index in [0.29, 0.717) is 11.7 Å². The van der Waals surface area contributed by atoms with Gasteiger partial charge in [-0.3, -0.25) is 9.69 Å². The molecule has 2 fully saturated rings. The van der Waals surface area contributed by atoms with Crippen LogP contribution in [-0.4, -0.2) is 27.4 Å². The number of oxazole rings is 1. The van der Waals surface area contributed by atoms with E-state index in [2.05, 4.69) is 26.2 Å². The molecule has 1 atom stereocenters. The Bertz CT molecular complexity index is 813. The van der Waals surface area contributed by atoms with Crippen LogP contribution in [0.4, 0.5) is 4.79 Å². The molecular weight excluding hydrogens is 374 g/mol. The van der Waals surface area contributed by atoms with E-state index in [1.807, 2.05) is 24.3 Å². The lowest BCUT2D eigenvalue weighted by Gasteiger charge is -2.20. The molecule has 1 saturated carbocycles. The number of carbonyl (C=O) groups excluding carboxylic acids is 2. The zero-order chi connectivity index (χ0) is 16.9. The van der Waals surface area contributed by atoms with Crippen molar-refractivity contribution < 1.29 is 14.0 Å². The predicted octanol–water partition coefficient (Wildman–Crippen LogP) is 3.32. The average Bonchev–Trinajstić information content (AvgIpc) is 3.28. The number of hydrogen-bond donors (Lipinski definition) is 1. The van der Waals surface area contributed by atoms with Gasteiger partial charge < -0.3 is 9.73 Å². The first kappa shape index (κ1) is 15.4. The van der Waals surface area contributed by atoms with Gasteiger partial charge in [0.1, 0.15) is 12.1 Å². The summed E-state index contributed by atoms with van der Waals surface area (Å²) in [5, 5.41) is 2.82. The Kier molecular flexibility index (Phi) is 3.49. The van der Waals surface area contributed by atoms with Gasteiger partial charge in [0.2, 0.25) is 5.89 Å². The highest BCUT2D eigenvalue weighted by Gasteiger charge is 2.56. The summed E-state index contributed by atoms with van der Waals surface area (Å²) in [6.07, 6.45) is 3.56. The smallest absolute Gasteiger partial charge is 0.325 e. The Hall–Kier alpha value is -2.15. The Balaban J connectivity index is 1.53. The molecule has 0 spiro atoms. The molecule has 1 aromatic carbocycles. The Morgan fingerprint density at radius 1 is 1.33 bits per heavy atom. The van der Waals surface area contributed by atoms with Crippen LogP contribution >= 0.6 is 15.9 Å². The van der Waals surface area contributed by atoms with Crippen LogP contribution < -0.4 is 5.32 Å². The van der Waals surface area contributed by atoms with Crippen LogP contribution in [0.1, 0.15) is 25.7 Å². The quantitative estimate of drug-likeness (QED) is 0.813. The van der Waals surface area contributed by atoms with Crippen molar-refractivity contribution >= 4 is 27.9 Å². The molecule has 4 rings (SSSR count). The van der Waals surface area contributed by atoms with E-state index in [4.69, 9.17) is 4.42 Å². The number of benzene rings is 1. The molecule has 1 unspecified atom stereocenters. The van der Waals surface area contributed by atoms with Gasteiger partial charge in [0.25, 0.3) is 5.91 Å². The molecule has 1 aliphatic carbocycles. The van der Waals surface area contributed by atoms with Crippen molar-refractivity contribution in [3.05, 3.63) is 40.8 Å². The number of imide groups is 1. The van der Waals surface area contributed by atoms with E-state index < -0.39 is 5.54 Å². The summed E-state index contributed by atoms with van der Waals surface area (Å²) in [6, 6.07) is 7.27. The molecule has 124 valence electrons. The number of hydrogen-bond acceptors (Lipinski definition) is 4. The zero-order valence-electron chi connectivity index (χ0n) is 13.1.